The third-order valence-electron chi connectivity index (χ3n) is 6.85. The number of fused-ring (bicyclic) bond motifs is 3. The molecule has 4 aliphatic rings. The van der Waals surface area contributed by atoms with Crippen LogP contribution in [0.25, 0.3) is 0 Å². The number of hydrogen-bond acceptors (Lipinski definition) is 4. The van der Waals surface area contributed by atoms with Crippen LogP contribution in [0.3, 0.4) is 0 Å². The zero-order valence-electron chi connectivity index (χ0n) is 15.9. The quantitative estimate of drug-likeness (QED) is 0.866. The molecule has 3 atom stereocenters. The van der Waals surface area contributed by atoms with E-state index in [4.69, 9.17) is 9.47 Å². The molecule has 1 amide bonds. The largest absolute Gasteiger partial charge is 0.493 e. The summed E-state index contributed by atoms with van der Waals surface area (Å²) < 4.78 is 11.6. The Balaban J connectivity index is 1.36. The number of nitrogens with one attached hydrogen (secondary N) is 1. The molecule has 1 saturated carbocycles. The highest BCUT2D eigenvalue weighted by molar-refractivity contribution is 5.80. The van der Waals surface area contributed by atoms with E-state index in [2.05, 4.69) is 28.4 Å². The molecule has 1 aromatic rings. The van der Waals surface area contributed by atoms with Gasteiger partial charge in [0, 0.05) is 50.4 Å². The lowest BCUT2D eigenvalue weighted by atomic mass is 9.84. The van der Waals surface area contributed by atoms with E-state index in [1.54, 1.807) is 0 Å². The molecule has 146 valence electrons. The van der Waals surface area contributed by atoms with Crippen LogP contribution in [0.1, 0.15) is 37.3 Å². The van der Waals surface area contributed by atoms with Gasteiger partial charge in [0.15, 0.2) is 0 Å². The number of nitrogens with zero attached hydrogens (tertiary/aromatic N) is 1. The van der Waals surface area contributed by atoms with Gasteiger partial charge < -0.3 is 14.8 Å². The molecule has 1 aromatic carbocycles. The number of hydrogen-bond donors (Lipinski definition) is 1. The number of carbonyl (C=O) groups is 1. The lowest BCUT2D eigenvalue weighted by Crippen LogP contribution is -2.38. The van der Waals surface area contributed by atoms with E-state index < -0.39 is 0 Å². The standard InChI is InChI=1S/C22H30N2O3/c25-22(23-11-15-5-6-15)18-13-24(12-16-7-9-26-10-8-16)21-17-3-1-2-4-20(17)27-14-19(18)21/h1-4,15-16,18-19,21H,5-14H2,(H,23,25)/t18-,19+,21+/m1/s1. The number of benzene rings is 1. The third kappa shape index (κ3) is 3.59. The van der Waals surface area contributed by atoms with Crippen molar-refractivity contribution in [3.05, 3.63) is 29.8 Å². The normalized spacial score (nSPS) is 31.0. The van der Waals surface area contributed by atoms with Gasteiger partial charge in [-0.1, -0.05) is 18.2 Å². The molecule has 3 fully saturated rings. The first-order chi connectivity index (χ1) is 13.3. The monoisotopic (exact) mass is 370 g/mol. The van der Waals surface area contributed by atoms with E-state index in [1.165, 1.54) is 18.4 Å². The molecule has 27 heavy (non-hydrogen) atoms. The van der Waals surface area contributed by atoms with Crippen LogP contribution in [-0.4, -0.2) is 50.3 Å². The van der Waals surface area contributed by atoms with Gasteiger partial charge in [-0.3, -0.25) is 9.69 Å². The Kier molecular flexibility index (Phi) is 4.82. The molecule has 0 radical (unpaired) electrons. The molecule has 1 N–H and O–H groups in total. The maximum absolute atomic E-state index is 13.0. The number of rotatable bonds is 5. The maximum Gasteiger partial charge on any atom is 0.224 e. The lowest BCUT2D eigenvalue weighted by molar-refractivity contribution is -0.126. The minimum absolute atomic E-state index is 0.0296. The van der Waals surface area contributed by atoms with Crippen molar-refractivity contribution in [2.75, 3.05) is 39.5 Å². The fourth-order valence-electron chi connectivity index (χ4n) is 5.09. The Bertz CT molecular complexity index is 684. The molecule has 5 heteroatoms. The summed E-state index contributed by atoms with van der Waals surface area (Å²) >= 11 is 0. The predicted molar refractivity (Wildman–Crippen MR) is 103 cm³/mol. The van der Waals surface area contributed by atoms with Crippen molar-refractivity contribution in [3.8, 4) is 5.75 Å². The van der Waals surface area contributed by atoms with Gasteiger partial charge in [0.25, 0.3) is 0 Å². The van der Waals surface area contributed by atoms with Crippen LogP contribution >= 0.6 is 0 Å². The Morgan fingerprint density at radius 3 is 2.74 bits per heavy atom. The van der Waals surface area contributed by atoms with E-state index >= 15 is 0 Å². The predicted octanol–water partition coefficient (Wildman–Crippen LogP) is 2.62. The lowest BCUT2D eigenvalue weighted by Gasteiger charge is -2.36. The fourth-order valence-corrected chi connectivity index (χ4v) is 5.09. The average molecular weight is 370 g/mol. The van der Waals surface area contributed by atoms with Gasteiger partial charge in [-0.25, -0.2) is 0 Å². The minimum atomic E-state index is 0.0296. The smallest absolute Gasteiger partial charge is 0.224 e. The second-order valence-corrected chi connectivity index (χ2v) is 8.76. The number of para-hydroxylation sites is 1. The van der Waals surface area contributed by atoms with Crippen molar-refractivity contribution in [1.29, 1.82) is 0 Å². The van der Waals surface area contributed by atoms with Gasteiger partial charge in [0.05, 0.1) is 12.5 Å². The topological polar surface area (TPSA) is 50.8 Å². The molecular weight excluding hydrogens is 340 g/mol. The van der Waals surface area contributed by atoms with Crippen molar-refractivity contribution in [2.24, 2.45) is 23.7 Å². The highest BCUT2D eigenvalue weighted by Crippen LogP contribution is 2.47. The number of carbonyl (C=O) groups excluding carboxylic acids is 1. The molecule has 5 rings (SSSR count). The van der Waals surface area contributed by atoms with Crippen molar-refractivity contribution in [2.45, 2.75) is 31.7 Å². The van der Waals surface area contributed by atoms with E-state index in [0.717, 1.165) is 51.4 Å². The number of amides is 1. The second-order valence-electron chi connectivity index (χ2n) is 8.76. The Labute approximate surface area is 161 Å². The average Bonchev–Trinajstić information content (AvgIpc) is 3.47. The molecule has 1 aliphatic carbocycles. The fraction of sp³-hybridized carbons (Fsp3) is 0.682. The van der Waals surface area contributed by atoms with Crippen molar-refractivity contribution >= 4 is 5.91 Å². The first-order valence-electron chi connectivity index (χ1n) is 10.6. The Hall–Kier alpha value is -1.59. The summed E-state index contributed by atoms with van der Waals surface area (Å²) in [7, 11) is 0. The first kappa shape index (κ1) is 17.5. The molecule has 2 saturated heterocycles. The molecule has 0 unspecified atom stereocenters. The van der Waals surface area contributed by atoms with Gasteiger partial charge in [-0.15, -0.1) is 0 Å². The summed E-state index contributed by atoms with van der Waals surface area (Å²) in [5, 5.41) is 3.23. The van der Waals surface area contributed by atoms with Crippen molar-refractivity contribution in [1.82, 2.24) is 10.2 Å². The van der Waals surface area contributed by atoms with E-state index in [-0.39, 0.29) is 17.7 Å². The highest BCUT2D eigenvalue weighted by atomic mass is 16.5. The maximum atomic E-state index is 13.0. The summed E-state index contributed by atoms with van der Waals surface area (Å²) in [6.45, 7) is 5.15. The highest BCUT2D eigenvalue weighted by Gasteiger charge is 2.49. The zero-order chi connectivity index (χ0) is 18.2. The van der Waals surface area contributed by atoms with E-state index in [0.29, 0.717) is 24.5 Å². The zero-order valence-corrected chi connectivity index (χ0v) is 15.9. The second kappa shape index (κ2) is 7.44. The molecule has 5 nitrogen and oxygen atoms in total. The number of ether oxygens (including phenoxy) is 2. The van der Waals surface area contributed by atoms with Crippen LogP contribution in [0.2, 0.25) is 0 Å². The van der Waals surface area contributed by atoms with Crippen LogP contribution in [0.15, 0.2) is 24.3 Å². The summed E-state index contributed by atoms with van der Waals surface area (Å²) in [4.78, 5) is 15.5. The summed E-state index contributed by atoms with van der Waals surface area (Å²) in [5.74, 6) is 2.89. The van der Waals surface area contributed by atoms with Crippen molar-refractivity contribution in [3.63, 3.8) is 0 Å². The summed E-state index contributed by atoms with van der Waals surface area (Å²) in [6, 6.07) is 8.69. The molecule has 3 aliphatic heterocycles. The Morgan fingerprint density at radius 1 is 1.11 bits per heavy atom. The van der Waals surface area contributed by atoms with Crippen LogP contribution in [0, 0.1) is 23.7 Å². The number of likely N-dealkylation sites (tertiary alicyclic amines) is 1. The van der Waals surface area contributed by atoms with E-state index in [1.807, 2.05) is 6.07 Å². The molecule has 3 heterocycles. The van der Waals surface area contributed by atoms with Gasteiger partial charge >= 0.3 is 0 Å². The minimum Gasteiger partial charge on any atom is -0.493 e. The van der Waals surface area contributed by atoms with Gasteiger partial charge in [0.1, 0.15) is 5.75 Å². The SMILES string of the molecule is O=C(NCC1CC1)[C@@H]1CN(CC2CCOCC2)[C@H]2c3ccccc3OC[C@@H]12. The van der Waals surface area contributed by atoms with Crippen LogP contribution in [0.4, 0.5) is 0 Å². The molecular formula is C22H30N2O3. The molecule has 0 bridgehead atoms. The summed E-state index contributed by atoms with van der Waals surface area (Å²) in [6.07, 6.45) is 4.79. The van der Waals surface area contributed by atoms with Crippen LogP contribution in [0.5, 0.6) is 5.75 Å². The molecule has 0 aromatic heterocycles. The summed E-state index contributed by atoms with van der Waals surface area (Å²) in [5.41, 5.74) is 1.26. The molecule has 0 spiro atoms. The van der Waals surface area contributed by atoms with Gasteiger partial charge in [-0.05, 0) is 43.6 Å². The first-order valence-corrected chi connectivity index (χ1v) is 10.6. The Morgan fingerprint density at radius 2 is 1.93 bits per heavy atom. The van der Waals surface area contributed by atoms with Crippen LogP contribution in [-0.2, 0) is 9.53 Å². The van der Waals surface area contributed by atoms with Crippen LogP contribution < -0.4 is 10.1 Å². The van der Waals surface area contributed by atoms with Gasteiger partial charge in [0.2, 0.25) is 5.91 Å². The van der Waals surface area contributed by atoms with E-state index in [9.17, 15) is 4.79 Å². The third-order valence-corrected chi connectivity index (χ3v) is 6.85. The van der Waals surface area contributed by atoms with Gasteiger partial charge in [-0.2, -0.15) is 0 Å². The van der Waals surface area contributed by atoms with Crippen molar-refractivity contribution < 1.29 is 14.3 Å².